The fourth-order valence-electron chi connectivity index (χ4n) is 3.73. The fraction of sp³-hybridized carbons (Fsp3) is 0.500. The summed E-state index contributed by atoms with van der Waals surface area (Å²) in [5.41, 5.74) is 0.864. The molecule has 1 saturated heterocycles. The van der Waals surface area contributed by atoms with Gasteiger partial charge in [0.2, 0.25) is 5.91 Å². The molecule has 1 unspecified atom stereocenters. The molecule has 5 heteroatoms. The summed E-state index contributed by atoms with van der Waals surface area (Å²) >= 11 is 0. The molecule has 1 aliphatic heterocycles. The summed E-state index contributed by atoms with van der Waals surface area (Å²) in [5, 5.41) is 0. The molecule has 1 saturated carbocycles. The van der Waals surface area contributed by atoms with Crippen LogP contribution in [0.3, 0.4) is 0 Å². The summed E-state index contributed by atoms with van der Waals surface area (Å²) in [6.07, 6.45) is 5.09. The van der Waals surface area contributed by atoms with Crippen LogP contribution < -0.4 is 0 Å². The van der Waals surface area contributed by atoms with Crippen LogP contribution in [-0.4, -0.2) is 41.1 Å². The first-order chi connectivity index (χ1) is 12.2. The Morgan fingerprint density at radius 3 is 2.88 bits per heavy atom. The van der Waals surface area contributed by atoms with E-state index in [0.717, 1.165) is 11.3 Å². The smallest absolute Gasteiger partial charge is 0.223 e. The molecule has 1 amide bonds. The third-order valence-electron chi connectivity index (χ3n) is 5.39. The Labute approximate surface area is 148 Å². The number of aromatic nitrogens is 1. The lowest BCUT2D eigenvalue weighted by Crippen LogP contribution is -2.58. The molecule has 2 fully saturated rings. The molecular formula is C20H24N2O3. The maximum Gasteiger partial charge on any atom is 0.223 e. The highest BCUT2D eigenvalue weighted by Gasteiger charge is 2.49. The summed E-state index contributed by atoms with van der Waals surface area (Å²) in [7, 11) is 0. The van der Waals surface area contributed by atoms with Crippen LogP contribution in [0.25, 0.3) is 11.3 Å². The maximum absolute atomic E-state index is 12.8. The molecule has 25 heavy (non-hydrogen) atoms. The Bertz CT molecular complexity index is 738. The first-order valence-corrected chi connectivity index (χ1v) is 9.05. The molecule has 5 nitrogen and oxygen atoms in total. The molecule has 1 aromatic heterocycles. The predicted octanol–water partition coefficient (Wildman–Crippen LogP) is 3.30. The number of hydrogen-bond donors (Lipinski definition) is 0. The molecule has 0 radical (unpaired) electrons. The van der Waals surface area contributed by atoms with Crippen molar-refractivity contribution < 1.29 is 13.9 Å². The monoisotopic (exact) mass is 340 g/mol. The minimum absolute atomic E-state index is 0.138. The second kappa shape index (κ2) is 6.64. The molecule has 1 aliphatic carbocycles. The third kappa shape index (κ3) is 3.33. The number of oxazole rings is 1. The van der Waals surface area contributed by atoms with Gasteiger partial charge in [-0.25, -0.2) is 4.98 Å². The first-order valence-electron chi connectivity index (χ1n) is 9.05. The topological polar surface area (TPSA) is 55.6 Å². The van der Waals surface area contributed by atoms with Crippen molar-refractivity contribution in [3.8, 4) is 11.3 Å². The van der Waals surface area contributed by atoms with E-state index < -0.39 is 0 Å². The zero-order valence-corrected chi connectivity index (χ0v) is 14.6. The van der Waals surface area contributed by atoms with Crippen LogP contribution in [-0.2, 0) is 16.0 Å². The number of morpholine rings is 1. The van der Waals surface area contributed by atoms with Crippen LogP contribution in [0.5, 0.6) is 0 Å². The van der Waals surface area contributed by atoms with Crippen LogP contribution >= 0.6 is 0 Å². The zero-order chi connectivity index (χ0) is 17.3. The largest absolute Gasteiger partial charge is 0.441 e. The van der Waals surface area contributed by atoms with E-state index >= 15 is 0 Å². The Hall–Kier alpha value is -2.14. The summed E-state index contributed by atoms with van der Waals surface area (Å²) in [6.45, 7) is 4.14. The van der Waals surface area contributed by atoms with Gasteiger partial charge in [-0.15, -0.1) is 0 Å². The number of rotatable bonds is 5. The van der Waals surface area contributed by atoms with Crippen molar-refractivity contribution in [2.45, 2.75) is 38.1 Å². The van der Waals surface area contributed by atoms with E-state index in [-0.39, 0.29) is 11.4 Å². The van der Waals surface area contributed by atoms with Gasteiger partial charge in [0.15, 0.2) is 11.7 Å². The van der Waals surface area contributed by atoms with Gasteiger partial charge in [0, 0.05) is 24.9 Å². The van der Waals surface area contributed by atoms with Gasteiger partial charge in [-0.3, -0.25) is 4.79 Å². The van der Waals surface area contributed by atoms with Crippen LogP contribution in [0.2, 0.25) is 0 Å². The average molecular weight is 340 g/mol. The first kappa shape index (κ1) is 16.3. The van der Waals surface area contributed by atoms with Crippen molar-refractivity contribution in [3.05, 3.63) is 42.4 Å². The Balaban J connectivity index is 1.39. The van der Waals surface area contributed by atoms with Crippen molar-refractivity contribution >= 4 is 5.91 Å². The van der Waals surface area contributed by atoms with Crippen molar-refractivity contribution in [3.63, 3.8) is 0 Å². The lowest BCUT2D eigenvalue weighted by molar-refractivity contribution is -0.150. The minimum Gasteiger partial charge on any atom is -0.441 e. The number of amides is 1. The number of hydrogen-bond acceptors (Lipinski definition) is 4. The van der Waals surface area contributed by atoms with Crippen LogP contribution in [0.1, 0.15) is 32.1 Å². The number of aryl methyl sites for hydroxylation is 1. The molecule has 2 aliphatic rings. The highest BCUT2D eigenvalue weighted by atomic mass is 16.5. The van der Waals surface area contributed by atoms with Gasteiger partial charge in [-0.05, 0) is 25.7 Å². The number of carbonyl (C=O) groups excluding carboxylic acids is 1. The lowest BCUT2D eigenvalue weighted by Gasteiger charge is -2.45. The summed E-state index contributed by atoms with van der Waals surface area (Å²) < 4.78 is 11.5. The SMILES string of the molecule is CC1(C2CC2)COCCN1C(=O)CCc1ncc(-c2ccccc2)o1. The van der Waals surface area contributed by atoms with Crippen molar-refractivity contribution in [1.82, 2.24) is 9.88 Å². The van der Waals surface area contributed by atoms with Gasteiger partial charge in [-0.2, -0.15) is 0 Å². The number of benzene rings is 1. The second-order valence-corrected chi connectivity index (χ2v) is 7.21. The van der Waals surface area contributed by atoms with Gasteiger partial charge < -0.3 is 14.1 Å². The number of ether oxygens (including phenoxy) is 1. The lowest BCUT2D eigenvalue weighted by atomic mass is 9.92. The van der Waals surface area contributed by atoms with E-state index in [4.69, 9.17) is 9.15 Å². The van der Waals surface area contributed by atoms with Crippen LogP contribution in [0, 0.1) is 5.92 Å². The summed E-state index contributed by atoms with van der Waals surface area (Å²) in [5.74, 6) is 2.13. The van der Waals surface area contributed by atoms with Gasteiger partial charge in [-0.1, -0.05) is 30.3 Å². The zero-order valence-electron chi connectivity index (χ0n) is 14.6. The molecular weight excluding hydrogens is 316 g/mol. The second-order valence-electron chi connectivity index (χ2n) is 7.21. The fourth-order valence-corrected chi connectivity index (χ4v) is 3.73. The molecule has 2 aromatic rings. The van der Waals surface area contributed by atoms with E-state index in [1.165, 1.54) is 12.8 Å². The van der Waals surface area contributed by atoms with E-state index in [1.54, 1.807) is 6.20 Å². The van der Waals surface area contributed by atoms with Crippen molar-refractivity contribution in [1.29, 1.82) is 0 Å². The minimum atomic E-state index is -0.138. The Kier molecular flexibility index (Phi) is 4.34. The highest BCUT2D eigenvalue weighted by molar-refractivity contribution is 5.77. The van der Waals surface area contributed by atoms with E-state index in [1.807, 2.05) is 35.2 Å². The molecule has 132 valence electrons. The van der Waals surface area contributed by atoms with Crippen LogP contribution in [0.4, 0.5) is 0 Å². The predicted molar refractivity (Wildman–Crippen MR) is 93.9 cm³/mol. The molecule has 0 N–H and O–H groups in total. The van der Waals surface area contributed by atoms with Gasteiger partial charge >= 0.3 is 0 Å². The number of nitrogens with zero attached hydrogens (tertiary/aromatic N) is 2. The molecule has 0 spiro atoms. The molecule has 4 rings (SSSR count). The van der Waals surface area contributed by atoms with E-state index in [9.17, 15) is 4.79 Å². The third-order valence-corrected chi connectivity index (χ3v) is 5.39. The van der Waals surface area contributed by atoms with Gasteiger partial charge in [0.25, 0.3) is 0 Å². The van der Waals surface area contributed by atoms with Crippen LogP contribution in [0.15, 0.2) is 40.9 Å². The average Bonchev–Trinajstić information content (AvgIpc) is 3.40. The standard InChI is InChI=1S/C20H24N2O3/c1-20(16-7-8-16)14-24-12-11-22(20)19(23)10-9-18-21-13-17(25-18)15-5-3-2-4-6-15/h2-6,13,16H,7-12,14H2,1H3. The molecule has 1 aromatic carbocycles. The Morgan fingerprint density at radius 2 is 2.12 bits per heavy atom. The highest BCUT2D eigenvalue weighted by Crippen LogP contribution is 2.44. The molecule has 2 heterocycles. The van der Waals surface area contributed by atoms with E-state index in [0.29, 0.717) is 44.4 Å². The quantitative estimate of drug-likeness (QED) is 0.838. The van der Waals surface area contributed by atoms with Crippen molar-refractivity contribution in [2.24, 2.45) is 5.92 Å². The van der Waals surface area contributed by atoms with Gasteiger partial charge in [0.05, 0.1) is 24.9 Å². The summed E-state index contributed by atoms with van der Waals surface area (Å²) in [4.78, 5) is 19.2. The number of carbonyl (C=O) groups is 1. The van der Waals surface area contributed by atoms with Gasteiger partial charge in [0.1, 0.15) is 0 Å². The maximum atomic E-state index is 12.8. The van der Waals surface area contributed by atoms with E-state index in [2.05, 4.69) is 11.9 Å². The normalized spacial score (nSPS) is 23.6. The molecule has 1 atom stereocenters. The molecule has 0 bridgehead atoms. The summed E-state index contributed by atoms with van der Waals surface area (Å²) in [6, 6.07) is 9.89. The van der Waals surface area contributed by atoms with Crippen molar-refractivity contribution in [2.75, 3.05) is 19.8 Å². The Morgan fingerprint density at radius 1 is 1.32 bits per heavy atom.